The molecule has 5 nitrogen and oxygen atoms in total. The summed E-state index contributed by atoms with van der Waals surface area (Å²) >= 11 is 12.0. The third-order valence-corrected chi connectivity index (χ3v) is 5.48. The van der Waals surface area contributed by atoms with E-state index in [0.29, 0.717) is 31.1 Å². The van der Waals surface area contributed by atoms with Gasteiger partial charge < -0.3 is 4.90 Å². The second-order valence-electron chi connectivity index (χ2n) is 7.00. The predicted molar refractivity (Wildman–Crippen MR) is 93.4 cm³/mol. The van der Waals surface area contributed by atoms with Crippen LogP contribution in [-0.4, -0.2) is 38.9 Å². The topological polar surface area (TPSA) is 51.0 Å². The highest BCUT2D eigenvalue weighted by atomic mass is 35.5. The number of rotatable bonds is 4. The van der Waals surface area contributed by atoms with Crippen LogP contribution in [0.1, 0.15) is 30.9 Å². The van der Waals surface area contributed by atoms with Crippen LogP contribution in [0.5, 0.6) is 0 Å². The van der Waals surface area contributed by atoms with Crippen LogP contribution in [0.4, 0.5) is 13.2 Å². The van der Waals surface area contributed by atoms with Crippen molar-refractivity contribution in [2.75, 3.05) is 13.1 Å². The standard InChI is InChI=1S/C17H15Cl2F3N4O/c18-12-4-10(17(20,21)22)5-13(19)16(12)14-8-26(24-23-14)11-6-25(7-11)15(27)3-9-1-2-9/h4-5,8-9,11H,1-3,6-7H2. The van der Waals surface area contributed by atoms with Gasteiger partial charge in [0, 0.05) is 25.1 Å². The number of amides is 1. The molecule has 0 unspecified atom stereocenters. The van der Waals surface area contributed by atoms with Crippen LogP contribution in [-0.2, 0) is 11.0 Å². The minimum absolute atomic E-state index is 0.0126. The van der Waals surface area contributed by atoms with Gasteiger partial charge in [-0.1, -0.05) is 28.4 Å². The molecular formula is C17H15Cl2F3N4O. The Labute approximate surface area is 163 Å². The number of aromatic nitrogens is 3. The maximum atomic E-state index is 12.8. The number of hydrogen-bond acceptors (Lipinski definition) is 3. The molecule has 1 aromatic carbocycles. The van der Waals surface area contributed by atoms with Gasteiger partial charge in [-0.25, -0.2) is 4.68 Å². The second kappa shape index (κ2) is 6.67. The predicted octanol–water partition coefficient (Wildman–Crippen LogP) is 4.45. The third-order valence-electron chi connectivity index (χ3n) is 4.89. The molecule has 10 heteroatoms. The molecular weight excluding hydrogens is 404 g/mol. The van der Waals surface area contributed by atoms with E-state index in [1.807, 2.05) is 0 Å². The first-order valence-corrected chi connectivity index (χ1v) is 9.24. The normalized spacial score (nSPS) is 17.9. The van der Waals surface area contributed by atoms with E-state index in [-0.39, 0.29) is 27.6 Å². The Morgan fingerprint density at radius 1 is 1.19 bits per heavy atom. The van der Waals surface area contributed by atoms with E-state index in [9.17, 15) is 18.0 Å². The van der Waals surface area contributed by atoms with E-state index >= 15 is 0 Å². The molecule has 1 aliphatic heterocycles. The Bertz CT molecular complexity index is 866. The lowest BCUT2D eigenvalue weighted by Gasteiger charge is -2.39. The number of benzene rings is 1. The van der Waals surface area contributed by atoms with E-state index in [1.165, 1.54) is 0 Å². The third kappa shape index (κ3) is 3.78. The first kappa shape index (κ1) is 18.6. The Morgan fingerprint density at radius 2 is 1.81 bits per heavy atom. The molecule has 2 aliphatic rings. The van der Waals surface area contributed by atoms with Crippen LogP contribution in [0, 0.1) is 5.92 Å². The van der Waals surface area contributed by atoms with Gasteiger partial charge in [0.25, 0.3) is 0 Å². The molecule has 0 N–H and O–H groups in total. The van der Waals surface area contributed by atoms with Crippen molar-refractivity contribution in [1.29, 1.82) is 0 Å². The van der Waals surface area contributed by atoms with E-state index < -0.39 is 11.7 Å². The van der Waals surface area contributed by atoms with Gasteiger partial charge in [-0.05, 0) is 30.9 Å². The highest BCUT2D eigenvalue weighted by Gasteiger charge is 2.36. The molecule has 2 heterocycles. The molecule has 0 radical (unpaired) electrons. The highest BCUT2D eigenvalue weighted by Crippen LogP contribution is 2.40. The van der Waals surface area contributed by atoms with Crippen LogP contribution < -0.4 is 0 Å². The molecule has 144 valence electrons. The fraction of sp³-hybridized carbons (Fsp3) is 0.471. The van der Waals surface area contributed by atoms with Gasteiger partial charge in [-0.3, -0.25) is 4.79 Å². The van der Waals surface area contributed by atoms with Crippen molar-refractivity contribution in [3.63, 3.8) is 0 Å². The van der Waals surface area contributed by atoms with Gasteiger partial charge >= 0.3 is 6.18 Å². The number of likely N-dealkylation sites (tertiary alicyclic amines) is 1. The lowest BCUT2D eigenvalue weighted by atomic mass is 10.1. The summed E-state index contributed by atoms with van der Waals surface area (Å²) in [6.45, 7) is 1.09. The van der Waals surface area contributed by atoms with Crippen molar-refractivity contribution >= 4 is 29.1 Å². The van der Waals surface area contributed by atoms with Crippen LogP contribution in [0.2, 0.25) is 10.0 Å². The Balaban J connectivity index is 1.48. The van der Waals surface area contributed by atoms with E-state index in [4.69, 9.17) is 23.2 Å². The van der Waals surface area contributed by atoms with Gasteiger partial charge in [0.2, 0.25) is 5.91 Å². The largest absolute Gasteiger partial charge is 0.416 e. The fourth-order valence-electron chi connectivity index (χ4n) is 3.08. The first-order chi connectivity index (χ1) is 12.7. The van der Waals surface area contributed by atoms with Gasteiger partial charge in [-0.2, -0.15) is 13.2 Å². The molecule has 2 fully saturated rings. The first-order valence-electron chi connectivity index (χ1n) is 8.48. The molecule has 0 atom stereocenters. The van der Waals surface area contributed by atoms with Crippen LogP contribution in [0.25, 0.3) is 11.3 Å². The molecule has 1 aliphatic carbocycles. The summed E-state index contributed by atoms with van der Waals surface area (Å²) in [6.07, 6.45) is -0.0835. The SMILES string of the molecule is O=C(CC1CC1)N1CC(n2cc(-c3c(Cl)cc(C(F)(F)F)cc3Cl)nn2)C1. The summed E-state index contributed by atoms with van der Waals surface area (Å²) in [5, 5.41) is 7.73. The summed E-state index contributed by atoms with van der Waals surface area (Å²) < 4.78 is 40.1. The number of carbonyl (C=O) groups excluding carboxylic acids is 1. The van der Waals surface area contributed by atoms with Crippen LogP contribution in [0.15, 0.2) is 18.3 Å². The lowest BCUT2D eigenvalue weighted by Crippen LogP contribution is -2.51. The number of alkyl halides is 3. The Morgan fingerprint density at radius 3 is 2.37 bits per heavy atom. The summed E-state index contributed by atoms with van der Waals surface area (Å²) in [5.74, 6) is 0.696. The molecule has 0 spiro atoms. The van der Waals surface area contributed by atoms with E-state index in [1.54, 1.807) is 15.8 Å². The quantitative estimate of drug-likeness (QED) is 0.736. The van der Waals surface area contributed by atoms with Gasteiger partial charge in [0.15, 0.2) is 0 Å². The smallest absolute Gasteiger partial charge is 0.338 e. The number of nitrogens with zero attached hydrogens (tertiary/aromatic N) is 4. The molecule has 27 heavy (non-hydrogen) atoms. The highest BCUT2D eigenvalue weighted by molar-refractivity contribution is 6.39. The van der Waals surface area contributed by atoms with Gasteiger partial charge in [0.05, 0.1) is 27.8 Å². The molecule has 4 rings (SSSR count). The minimum atomic E-state index is -4.54. The summed E-state index contributed by atoms with van der Waals surface area (Å²) in [6, 6.07) is 1.63. The fourth-order valence-corrected chi connectivity index (χ4v) is 3.76. The molecule has 0 bridgehead atoms. The number of carbonyl (C=O) groups is 1. The van der Waals surface area contributed by atoms with Crippen molar-refractivity contribution in [2.45, 2.75) is 31.5 Å². The van der Waals surface area contributed by atoms with E-state index in [0.717, 1.165) is 25.0 Å². The average Bonchev–Trinajstić information content (AvgIpc) is 3.20. The molecule has 1 amide bonds. The van der Waals surface area contributed by atoms with Gasteiger partial charge in [-0.15, -0.1) is 5.10 Å². The van der Waals surface area contributed by atoms with Crippen molar-refractivity contribution in [1.82, 2.24) is 19.9 Å². The summed E-state index contributed by atoms with van der Waals surface area (Å²) in [5.41, 5.74) is -0.419. The summed E-state index contributed by atoms with van der Waals surface area (Å²) in [4.78, 5) is 13.8. The Kier molecular flexibility index (Phi) is 4.58. The Hall–Kier alpha value is -1.80. The summed E-state index contributed by atoms with van der Waals surface area (Å²) in [7, 11) is 0. The zero-order valence-corrected chi connectivity index (χ0v) is 15.5. The van der Waals surface area contributed by atoms with Crippen LogP contribution in [0.3, 0.4) is 0 Å². The molecule has 1 aromatic heterocycles. The van der Waals surface area contributed by atoms with Crippen LogP contribution >= 0.6 is 23.2 Å². The van der Waals surface area contributed by atoms with Crippen molar-refractivity contribution in [3.05, 3.63) is 33.9 Å². The maximum Gasteiger partial charge on any atom is 0.416 e. The van der Waals surface area contributed by atoms with E-state index in [2.05, 4.69) is 10.3 Å². The minimum Gasteiger partial charge on any atom is -0.338 e. The van der Waals surface area contributed by atoms with Crippen molar-refractivity contribution in [3.8, 4) is 11.3 Å². The maximum absolute atomic E-state index is 12.8. The average molecular weight is 419 g/mol. The zero-order chi connectivity index (χ0) is 19.3. The van der Waals surface area contributed by atoms with Crippen molar-refractivity contribution < 1.29 is 18.0 Å². The second-order valence-corrected chi connectivity index (χ2v) is 7.81. The molecule has 2 aromatic rings. The molecule has 1 saturated carbocycles. The lowest BCUT2D eigenvalue weighted by molar-refractivity contribution is -0.138. The number of hydrogen-bond donors (Lipinski definition) is 0. The zero-order valence-electron chi connectivity index (χ0n) is 14.0. The van der Waals surface area contributed by atoms with Crippen molar-refractivity contribution in [2.24, 2.45) is 5.92 Å². The monoisotopic (exact) mass is 418 g/mol. The molecule has 1 saturated heterocycles. The number of halogens is 5. The van der Waals surface area contributed by atoms with Gasteiger partial charge in [0.1, 0.15) is 5.69 Å².